The fourth-order valence-electron chi connectivity index (χ4n) is 6.23. The maximum atomic E-state index is 14.0. The third-order valence-electron chi connectivity index (χ3n) is 9.03. The lowest BCUT2D eigenvalue weighted by atomic mass is 9.88. The molecule has 0 saturated carbocycles. The monoisotopic (exact) mass is 718 g/mol. The van der Waals surface area contributed by atoms with Crippen LogP contribution in [-0.2, 0) is 41.6 Å². The van der Waals surface area contributed by atoms with E-state index in [0.717, 1.165) is 23.3 Å². The van der Waals surface area contributed by atoms with Gasteiger partial charge in [0.1, 0.15) is 6.04 Å². The first-order valence-corrected chi connectivity index (χ1v) is 18.0. The molecule has 3 rings (SSSR count). The van der Waals surface area contributed by atoms with Gasteiger partial charge in [0.25, 0.3) is 0 Å². The van der Waals surface area contributed by atoms with Crippen LogP contribution in [0.3, 0.4) is 0 Å². The fraction of sp³-hybridized carbons (Fsp3) is 0.487. The molecule has 2 aromatic carbocycles. The Morgan fingerprint density at radius 1 is 0.769 bits per heavy atom. The number of hydrogen-bond acceptors (Lipinski definition) is 8. The average molecular weight is 719 g/mol. The number of carbonyl (C=O) groups excluding carboxylic acids is 5. The van der Waals surface area contributed by atoms with E-state index in [2.05, 4.69) is 10.6 Å². The molecule has 4 atom stereocenters. The standard InChI is InChI=1S/C39H54N6O7/c1-27(2)23-30(26-34(46)33(25-29-13-7-4-8-14-29)43-38(51)31(41)24-28-11-5-3-6-12-28)37(50)42-32(15-9-10-18-40)39(52)45-21-19-44(20-22-45)35(47)16-17-36(48)49/h3-8,11-14,16-17,27,30-33H,9-10,15,18-26,40-41H2,1-2H3,(H,42,50)(H,43,51)(H,48,49)/b17-16+/t30-,31+,32+,33+/m0/s1. The summed E-state index contributed by atoms with van der Waals surface area (Å²) in [6, 6.07) is 16.0. The van der Waals surface area contributed by atoms with Crippen LogP contribution in [0, 0.1) is 11.8 Å². The second-order valence-corrected chi connectivity index (χ2v) is 13.7. The van der Waals surface area contributed by atoms with Gasteiger partial charge in [0.2, 0.25) is 23.6 Å². The Bertz CT molecular complexity index is 1510. The second-order valence-electron chi connectivity index (χ2n) is 13.7. The molecule has 0 spiro atoms. The highest BCUT2D eigenvalue weighted by molar-refractivity contribution is 5.96. The van der Waals surface area contributed by atoms with Crippen molar-refractivity contribution in [3.63, 3.8) is 0 Å². The fourth-order valence-corrected chi connectivity index (χ4v) is 6.23. The number of carboxylic acids is 1. The molecular weight excluding hydrogens is 664 g/mol. The third-order valence-corrected chi connectivity index (χ3v) is 9.03. The maximum absolute atomic E-state index is 14.0. The number of nitrogens with two attached hydrogens (primary N) is 2. The summed E-state index contributed by atoms with van der Waals surface area (Å²) in [5.74, 6) is -3.89. The van der Waals surface area contributed by atoms with E-state index in [1.165, 1.54) is 4.90 Å². The number of benzene rings is 2. The van der Waals surface area contributed by atoms with Gasteiger partial charge < -0.3 is 37.0 Å². The van der Waals surface area contributed by atoms with Gasteiger partial charge in [-0.25, -0.2) is 4.79 Å². The Labute approximate surface area is 306 Å². The van der Waals surface area contributed by atoms with Gasteiger partial charge >= 0.3 is 5.97 Å². The quantitative estimate of drug-likeness (QED) is 0.0999. The third kappa shape index (κ3) is 14.0. The number of ketones is 1. The zero-order valence-electron chi connectivity index (χ0n) is 30.2. The maximum Gasteiger partial charge on any atom is 0.328 e. The number of nitrogens with zero attached hydrogens (tertiary/aromatic N) is 2. The number of carbonyl (C=O) groups is 6. The molecule has 1 heterocycles. The van der Waals surface area contributed by atoms with Crippen molar-refractivity contribution in [1.29, 1.82) is 0 Å². The topological polar surface area (TPSA) is 205 Å². The number of hydrogen-bond donors (Lipinski definition) is 5. The SMILES string of the molecule is CC(C)C[C@@H](CC(=O)[C@@H](Cc1ccccc1)NC(=O)[C@H](N)Cc1ccccc1)C(=O)N[C@H](CCCCN)C(=O)N1CCN(C(=O)/C=C/C(=O)O)CC1. The number of rotatable bonds is 20. The number of nitrogens with one attached hydrogen (secondary N) is 2. The predicted molar refractivity (Wildman–Crippen MR) is 198 cm³/mol. The Balaban J connectivity index is 1.74. The van der Waals surface area contributed by atoms with Crippen molar-refractivity contribution in [2.45, 2.75) is 76.9 Å². The molecule has 1 aliphatic heterocycles. The lowest BCUT2D eigenvalue weighted by Crippen LogP contribution is -2.56. The van der Waals surface area contributed by atoms with Gasteiger partial charge in [0.05, 0.1) is 12.1 Å². The number of unbranched alkanes of at least 4 members (excludes halogenated alkanes) is 1. The average Bonchev–Trinajstić information content (AvgIpc) is 3.13. The molecular formula is C39H54N6O7. The largest absolute Gasteiger partial charge is 0.478 e. The predicted octanol–water partition coefficient (Wildman–Crippen LogP) is 1.83. The summed E-state index contributed by atoms with van der Waals surface area (Å²) in [5.41, 5.74) is 13.7. The molecule has 1 aliphatic rings. The summed E-state index contributed by atoms with van der Waals surface area (Å²) in [5, 5.41) is 14.6. The van der Waals surface area contributed by atoms with Crippen molar-refractivity contribution in [2.24, 2.45) is 23.3 Å². The van der Waals surface area contributed by atoms with E-state index in [1.54, 1.807) is 4.90 Å². The van der Waals surface area contributed by atoms with Crippen molar-refractivity contribution in [3.05, 3.63) is 83.9 Å². The normalized spacial score (nSPS) is 15.5. The van der Waals surface area contributed by atoms with Gasteiger partial charge in [-0.05, 0) is 62.1 Å². The van der Waals surface area contributed by atoms with Crippen LogP contribution in [-0.4, -0.2) is 101 Å². The molecule has 0 aliphatic carbocycles. The van der Waals surface area contributed by atoms with Crippen LogP contribution in [0.15, 0.2) is 72.8 Å². The number of amides is 4. The lowest BCUT2D eigenvalue weighted by Gasteiger charge is -2.36. The van der Waals surface area contributed by atoms with Crippen LogP contribution in [0.25, 0.3) is 0 Å². The summed E-state index contributed by atoms with van der Waals surface area (Å²) in [6.07, 6.45) is 4.10. The Kier molecular flexibility index (Phi) is 17.2. The molecule has 2 aromatic rings. The summed E-state index contributed by atoms with van der Waals surface area (Å²) in [4.78, 5) is 81.2. The molecule has 0 bridgehead atoms. The van der Waals surface area contributed by atoms with Crippen LogP contribution in [0.4, 0.5) is 0 Å². The number of carboxylic acid groups (broad SMARTS) is 1. The molecule has 0 unspecified atom stereocenters. The van der Waals surface area contributed by atoms with Gasteiger partial charge in [-0.15, -0.1) is 0 Å². The summed E-state index contributed by atoms with van der Waals surface area (Å²) in [6.45, 7) is 5.19. The van der Waals surface area contributed by atoms with Crippen molar-refractivity contribution < 1.29 is 33.9 Å². The number of aliphatic carboxylic acids is 1. The van der Waals surface area contributed by atoms with Crippen LogP contribution in [0.1, 0.15) is 57.1 Å². The van der Waals surface area contributed by atoms with Gasteiger partial charge in [-0.3, -0.25) is 24.0 Å². The van der Waals surface area contributed by atoms with Gasteiger partial charge in [0.15, 0.2) is 5.78 Å². The first kappa shape index (κ1) is 41.5. The van der Waals surface area contributed by atoms with E-state index in [1.807, 2.05) is 74.5 Å². The van der Waals surface area contributed by atoms with Crippen LogP contribution >= 0.6 is 0 Å². The summed E-state index contributed by atoms with van der Waals surface area (Å²) in [7, 11) is 0. The Morgan fingerprint density at radius 3 is 1.88 bits per heavy atom. The number of piperazine rings is 1. The lowest BCUT2D eigenvalue weighted by molar-refractivity contribution is -0.141. The smallest absolute Gasteiger partial charge is 0.328 e. The molecule has 0 radical (unpaired) electrons. The van der Waals surface area contributed by atoms with E-state index >= 15 is 0 Å². The zero-order chi connectivity index (χ0) is 38.0. The van der Waals surface area contributed by atoms with Crippen LogP contribution < -0.4 is 22.1 Å². The zero-order valence-corrected chi connectivity index (χ0v) is 30.2. The van der Waals surface area contributed by atoms with Crippen LogP contribution in [0.5, 0.6) is 0 Å². The second kappa shape index (κ2) is 21.5. The van der Waals surface area contributed by atoms with Gasteiger partial charge in [0, 0.05) is 50.7 Å². The molecule has 1 saturated heterocycles. The minimum Gasteiger partial charge on any atom is -0.478 e. The minimum atomic E-state index is -1.23. The molecule has 1 fully saturated rings. The van der Waals surface area contributed by atoms with E-state index in [-0.39, 0.29) is 56.6 Å². The van der Waals surface area contributed by atoms with Gasteiger partial charge in [-0.2, -0.15) is 0 Å². The van der Waals surface area contributed by atoms with E-state index in [9.17, 15) is 28.8 Å². The highest BCUT2D eigenvalue weighted by Gasteiger charge is 2.34. The Morgan fingerprint density at radius 2 is 1.33 bits per heavy atom. The molecule has 4 amide bonds. The summed E-state index contributed by atoms with van der Waals surface area (Å²) < 4.78 is 0. The van der Waals surface area contributed by atoms with E-state index in [4.69, 9.17) is 16.6 Å². The van der Waals surface area contributed by atoms with Crippen molar-refractivity contribution in [3.8, 4) is 0 Å². The molecule has 13 nitrogen and oxygen atoms in total. The molecule has 13 heteroatoms. The van der Waals surface area contributed by atoms with Crippen molar-refractivity contribution in [2.75, 3.05) is 32.7 Å². The summed E-state index contributed by atoms with van der Waals surface area (Å²) >= 11 is 0. The first-order valence-electron chi connectivity index (χ1n) is 18.0. The van der Waals surface area contributed by atoms with Crippen molar-refractivity contribution in [1.82, 2.24) is 20.4 Å². The highest BCUT2D eigenvalue weighted by atomic mass is 16.4. The van der Waals surface area contributed by atoms with E-state index < -0.39 is 47.7 Å². The molecule has 0 aromatic heterocycles. The van der Waals surface area contributed by atoms with Crippen LogP contribution in [0.2, 0.25) is 0 Å². The molecule has 282 valence electrons. The van der Waals surface area contributed by atoms with Crippen molar-refractivity contribution >= 4 is 35.4 Å². The van der Waals surface area contributed by atoms with E-state index in [0.29, 0.717) is 38.6 Å². The number of Topliss-reactive ketones (excluding diaryl/α,β-unsaturated/α-hetero) is 1. The molecule has 52 heavy (non-hydrogen) atoms. The Hall–Kier alpha value is -4.88. The first-order chi connectivity index (χ1) is 24.9. The van der Waals surface area contributed by atoms with Gasteiger partial charge in [-0.1, -0.05) is 74.5 Å². The minimum absolute atomic E-state index is 0.0530. The highest BCUT2D eigenvalue weighted by Crippen LogP contribution is 2.20. The molecule has 7 N–H and O–H groups in total.